The smallest absolute Gasteiger partial charge is 0.262 e. The number of rotatable bonds is 4. The molecule has 144 valence electrons. The van der Waals surface area contributed by atoms with Gasteiger partial charge in [-0.25, -0.2) is 13.8 Å². The van der Waals surface area contributed by atoms with E-state index in [2.05, 4.69) is 30.5 Å². The third-order valence-electron chi connectivity index (χ3n) is 4.09. The minimum Gasteiger partial charge on any atom is -0.305 e. The summed E-state index contributed by atoms with van der Waals surface area (Å²) in [6.45, 7) is 1.94. The second-order valence-electron chi connectivity index (χ2n) is 5.99. The lowest BCUT2D eigenvalue weighted by Gasteiger charge is -2.09. The van der Waals surface area contributed by atoms with Gasteiger partial charge in [-0.2, -0.15) is 0 Å². The molecule has 1 aromatic carbocycles. The first-order valence-electron chi connectivity index (χ1n) is 8.33. The molecule has 0 atom stereocenters. The molecule has 3 aromatic heterocycles. The fourth-order valence-electron chi connectivity index (χ4n) is 2.67. The maximum Gasteiger partial charge on any atom is 0.262 e. The molecule has 1 N–H and O–H groups in total. The van der Waals surface area contributed by atoms with E-state index in [1.807, 2.05) is 25.1 Å². The lowest BCUT2D eigenvalue weighted by Crippen LogP contribution is -2.17. The summed E-state index contributed by atoms with van der Waals surface area (Å²) in [6.07, 6.45) is 4.32. The van der Waals surface area contributed by atoms with E-state index >= 15 is 0 Å². The van der Waals surface area contributed by atoms with Crippen molar-refractivity contribution in [3.8, 4) is 21.8 Å². The van der Waals surface area contributed by atoms with Crippen LogP contribution in [0.15, 0.2) is 48.5 Å². The average molecular weight is 410 g/mol. The van der Waals surface area contributed by atoms with E-state index in [1.54, 1.807) is 5.51 Å². The van der Waals surface area contributed by atoms with Gasteiger partial charge in [-0.1, -0.05) is 23.5 Å². The normalized spacial score (nSPS) is 10.7. The number of aromatic nitrogens is 5. The van der Waals surface area contributed by atoms with Crippen LogP contribution in [0, 0.1) is 18.6 Å². The van der Waals surface area contributed by atoms with Crippen LogP contribution in [-0.2, 0) is 0 Å². The third kappa shape index (κ3) is 3.83. The molecule has 4 rings (SSSR count). The minimum absolute atomic E-state index is 0.0623. The number of aryl methyl sites for hydroxylation is 1. The highest BCUT2D eigenvalue weighted by Crippen LogP contribution is 2.28. The summed E-state index contributed by atoms with van der Waals surface area (Å²) in [5.41, 5.74) is 4.22. The molecule has 0 fully saturated rings. The maximum atomic E-state index is 13.7. The van der Waals surface area contributed by atoms with Gasteiger partial charge in [-0.05, 0) is 18.6 Å². The van der Waals surface area contributed by atoms with Crippen LogP contribution in [-0.4, -0.2) is 31.1 Å². The number of carbonyl (C=O) groups excluding carboxylic acids is 1. The zero-order valence-electron chi connectivity index (χ0n) is 14.9. The number of nitrogens with zero attached hydrogens (tertiary/aromatic N) is 5. The van der Waals surface area contributed by atoms with Gasteiger partial charge in [0.05, 0.1) is 30.5 Å². The van der Waals surface area contributed by atoms with E-state index in [1.165, 1.54) is 23.7 Å². The Kier molecular flexibility index (Phi) is 5.00. The molecule has 3 heterocycles. The monoisotopic (exact) mass is 410 g/mol. The average Bonchev–Trinajstić information content (AvgIpc) is 3.24. The first-order valence-corrected chi connectivity index (χ1v) is 9.21. The Balaban J connectivity index is 1.59. The van der Waals surface area contributed by atoms with Crippen LogP contribution < -0.4 is 5.32 Å². The summed E-state index contributed by atoms with van der Waals surface area (Å²) < 4.78 is 27.4. The first kappa shape index (κ1) is 18.7. The Hall–Kier alpha value is -3.66. The van der Waals surface area contributed by atoms with Gasteiger partial charge in [-0.3, -0.25) is 14.8 Å². The van der Waals surface area contributed by atoms with Crippen molar-refractivity contribution in [2.45, 2.75) is 6.92 Å². The van der Waals surface area contributed by atoms with Gasteiger partial charge >= 0.3 is 0 Å². The summed E-state index contributed by atoms with van der Waals surface area (Å²) in [5.74, 6) is -3.03. The molecule has 7 nitrogen and oxygen atoms in total. The number of halogens is 2. The molecule has 1 amide bonds. The molecule has 0 unspecified atom stereocenters. The lowest BCUT2D eigenvalue weighted by atomic mass is 10.0. The predicted molar refractivity (Wildman–Crippen MR) is 103 cm³/mol. The van der Waals surface area contributed by atoms with Crippen molar-refractivity contribution < 1.29 is 13.6 Å². The van der Waals surface area contributed by atoms with Crippen LogP contribution in [0.5, 0.6) is 0 Å². The second-order valence-corrected chi connectivity index (χ2v) is 6.83. The Labute approximate surface area is 167 Å². The molecule has 29 heavy (non-hydrogen) atoms. The van der Waals surface area contributed by atoms with E-state index < -0.39 is 23.1 Å². The van der Waals surface area contributed by atoms with Crippen molar-refractivity contribution in [1.82, 2.24) is 25.1 Å². The summed E-state index contributed by atoms with van der Waals surface area (Å²) in [7, 11) is 0. The van der Waals surface area contributed by atoms with Crippen LogP contribution in [0.3, 0.4) is 0 Å². The van der Waals surface area contributed by atoms with Crippen LogP contribution in [0.4, 0.5) is 14.6 Å². The Bertz CT molecular complexity index is 1160. The van der Waals surface area contributed by atoms with Crippen molar-refractivity contribution >= 4 is 23.1 Å². The molecule has 0 bridgehead atoms. The van der Waals surface area contributed by atoms with Crippen molar-refractivity contribution in [2.75, 3.05) is 5.32 Å². The first-order chi connectivity index (χ1) is 14.0. The Morgan fingerprint density at radius 3 is 2.52 bits per heavy atom. The SMILES string of the molecule is Cc1ccc(-c2nncs2)cc1-c1cnc(NC(=O)c2c(F)cncc2F)cn1. The van der Waals surface area contributed by atoms with Crippen LogP contribution in [0.2, 0.25) is 0 Å². The van der Waals surface area contributed by atoms with Crippen LogP contribution in [0.1, 0.15) is 15.9 Å². The summed E-state index contributed by atoms with van der Waals surface area (Å²) in [5, 5.41) is 11.0. The molecular weight excluding hydrogens is 398 g/mol. The van der Waals surface area contributed by atoms with E-state index in [0.717, 1.165) is 34.1 Å². The fourth-order valence-corrected chi connectivity index (χ4v) is 3.22. The molecule has 0 aliphatic rings. The van der Waals surface area contributed by atoms with Gasteiger partial charge < -0.3 is 5.32 Å². The number of nitrogens with one attached hydrogen (secondary N) is 1. The zero-order valence-corrected chi connectivity index (χ0v) is 15.7. The Morgan fingerprint density at radius 1 is 1.07 bits per heavy atom. The van der Waals surface area contributed by atoms with Crippen molar-refractivity contribution in [3.05, 3.63) is 71.3 Å². The van der Waals surface area contributed by atoms with Gasteiger partial charge in [0.15, 0.2) is 17.5 Å². The topological polar surface area (TPSA) is 93.6 Å². The quantitative estimate of drug-likeness (QED) is 0.549. The zero-order chi connectivity index (χ0) is 20.4. The summed E-state index contributed by atoms with van der Waals surface area (Å²) in [4.78, 5) is 23.9. The molecule has 0 spiro atoms. The summed E-state index contributed by atoms with van der Waals surface area (Å²) in [6, 6.07) is 5.82. The molecule has 0 aliphatic carbocycles. The molecule has 0 saturated heterocycles. The van der Waals surface area contributed by atoms with E-state index in [-0.39, 0.29) is 5.82 Å². The molecule has 0 saturated carbocycles. The van der Waals surface area contributed by atoms with Gasteiger partial charge in [0.2, 0.25) is 0 Å². The van der Waals surface area contributed by atoms with Gasteiger partial charge in [-0.15, -0.1) is 10.2 Å². The highest BCUT2D eigenvalue weighted by atomic mass is 32.1. The van der Waals surface area contributed by atoms with Crippen LogP contribution in [0.25, 0.3) is 21.8 Å². The van der Waals surface area contributed by atoms with E-state index in [0.29, 0.717) is 5.69 Å². The maximum absolute atomic E-state index is 13.7. The number of carbonyl (C=O) groups is 1. The molecular formula is C19H12F2N6OS. The second kappa shape index (κ2) is 7.76. The van der Waals surface area contributed by atoms with Crippen molar-refractivity contribution in [2.24, 2.45) is 0 Å². The third-order valence-corrected chi connectivity index (χ3v) is 4.83. The number of hydrogen-bond acceptors (Lipinski definition) is 7. The molecule has 10 heteroatoms. The van der Waals surface area contributed by atoms with Gasteiger partial charge in [0.25, 0.3) is 5.91 Å². The number of anilines is 1. The lowest BCUT2D eigenvalue weighted by molar-refractivity contribution is 0.101. The van der Waals surface area contributed by atoms with Gasteiger partial charge in [0.1, 0.15) is 16.1 Å². The largest absolute Gasteiger partial charge is 0.305 e. The molecule has 4 aromatic rings. The predicted octanol–water partition coefficient (Wildman–Crippen LogP) is 3.90. The van der Waals surface area contributed by atoms with E-state index in [4.69, 9.17) is 0 Å². The van der Waals surface area contributed by atoms with Crippen molar-refractivity contribution in [3.63, 3.8) is 0 Å². The highest BCUT2D eigenvalue weighted by Gasteiger charge is 2.18. The number of benzene rings is 1. The summed E-state index contributed by atoms with van der Waals surface area (Å²) >= 11 is 1.42. The molecule has 0 radical (unpaired) electrons. The number of hydrogen-bond donors (Lipinski definition) is 1. The highest BCUT2D eigenvalue weighted by molar-refractivity contribution is 7.12. The minimum atomic E-state index is -1.06. The van der Waals surface area contributed by atoms with E-state index in [9.17, 15) is 13.6 Å². The molecule has 0 aliphatic heterocycles. The fraction of sp³-hybridized carbons (Fsp3) is 0.0526. The van der Waals surface area contributed by atoms with Crippen LogP contribution >= 0.6 is 11.3 Å². The standard InChI is InChI=1S/C19H12F2N6OS/c1-10-2-3-11(19-27-25-9-29-19)4-12(10)15-7-24-16(8-23-15)26-18(28)17-13(20)5-22-6-14(17)21/h2-9H,1H3,(H,24,26,28). The van der Waals surface area contributed by atoms with Gasteiger partial charge in [0, 0.05) is 11.1 Å². The Morgan fingerprint density at radius 2 is 1.86 bits per heavy atom. The number of amides is 1. The number of pyridine rings is 1. The van der Waals surface area contributed by atoms with Crippen molar-refractivity contribution in [1.29, 1.82) is 0 Å².